The first-order chi connectivity index (χ1) is 9.79. The van der Waals surface area contributed by atoms with Crippen LogP contribution in [0.15, 0.2) is 46.9 Å². The second kappa shape index (κ2) is 6.15. The number of aliphatic hydroxyl groups excluding tert-OH is 1. The van der Waals surface area contributed by atoms with Crippen LogP contribution in [0.4, 0.5) is 17.6 Å². The Morgan fingerprint density at radius 1 is 1.10 bits per heavy atom. The summed E-state index contributed by atoms with van der Waals surface area (Å²) in [5.74, 6) is -0.987. The molecule has 0 aromatic heterocycles. The minimum atomic E-state index is -4.72. The zero-order valence-electron chi connectivity index (χ0n) is 10.7. The van der Waals surface area contributed by atoms with Crippen LogP contribution in [0.3, 0.4) is 0 Å². The summed E-state index contributed by atoms with van der Waals surface area (Å²) in [4.78, 5) is 0. The highest BCUT2D eigenvalue weighted by Crippen LogP contribution is 2.36. The zero-order chi connectivity index (χ0) is 15.6. The first kappa shape index (κ1) is 16.0. The molecule has 6 heteroatoms. The van der Waals surface area contributed by atoms with Crippen molar-refractivity contribution in [1.82, 2.24) is 0 Å². The second-order valence-electron chi connectivity index (χ2n) is 4.54. The lowest BCUT2D eigenvalue weighted by Crippen LogP contribution is -2.14. The fourth-order valence-electron chi connectivity index (χ4n) is 2.05. The van der Waals surface area contributed by atoms with Crippen LogP contribution in [0.5, 0.6) is 0 Å². The Hall–Kier alpha value is -1.40. The van der Waals surface area contributed by atoms with Crippen molar-refractivity contribution in [3.63, 3.8) is 0 Å². The van der Waals surface area contributed by atoms with E-state index in [0.29, 0.717) is 16.1 Å². The van der Waals surface area contributed by atoms with E-state index in [1.807, 2.05) is 0 Å². The molecule has 0 bridgehead atoms. The maximum absolute atomic E-state index is 13.0. The third kappa shape index (κ3) is 3.83. The molecule has 0 fully saturated rings. The normalized spacial score (nSPS) is 13.2. The Labute approximate surface area is 127 Å². The maximum Gasteiger partial charge on any atom is 0.416 e. The lowest BCUT2D eigenvalue weighted by molar-refractivity contribution is -0.139. The van der Waals surface area contributed by atoms with Crippen molar-refractivity contribution in [2.24, 2.45) is 0 Å². The standard InChI is InChI=1S/C15H11BrF4O/c16-13-4-2-1-3-9(13)7-14(21)11-6-5-10(17)8-12(11)15(18,19)20/h1-6,8,14,21H,7H2. The number of alkyl halides is 3. The molecule has 0 saturated carbocycles. The topological polar surface area (TPSA) is 20.2 Å². The highest BCUT2D eigenvalue weighted by Gasteiger charge is 2.35. The van der Waals surface area contributed by atoms with Crippen LogP contribution < -0.4 is 0 Å². The predicted molar refractivity (Wildman–Crippen MR) is 74.2 cm³/mol. The van der Waals surface area contributed by atoms with Crippen molar-refractivity contribution in [2.75, 3.05) is 0 Å². The van der Waals surface area contributed by atoms with Gasteiger partial charge in [0.05, 0.1) is 11.7 Å². The molecule has 0 aliphatic carbocycles. The summed E-state index contributed by atoms with van der Waals surface area (Å²) >= 11 is 3.27. The second-order valence-corrected chi connectivity index (χ2v) is 5.39. The smallest absolute Gasteiger partial charge is 0.388 e. The maximum atomic E-state index is 13.0. The van der Waals surface area contributed by atoms with E-state index in [9.17, 15) is 22.7 Å². The fourth-order valence-corrected chi connectivity index (χ4v) is 2.49. The van der Waals surface area contributed by atoms with Crippen LogP contribution in [-0.4, -0.2) is 5.11 Å². The van der Waals surface area contributed by atoms with E-state index in [-0.39, 0.29) is 12.0 Å². The van der Waals surface area contributed by atoms with Gasteiger partial charge in [0.15, 0.2) is 0 Å². The average molecular weight is 363 g/mol. The van der Waals surface area contributed by atoms with Gasteiger partial charge in [-0.25, -0.2) is 4.39 Å². The van der Waals surface area contributed by atoms with Crippen LogP contribution >= 0.6 is 15.9 Å². The lowest BCUT2D eigenvalue weighted by Gasteiger charge is -2.18. The number of hydrogen-bond donors (Lipinski definition) is 1. The highest BCUT2D eigenvalue weighted by atomic mass is 79.9. The van der Waals surface area contributed by atoms with Crippen molar-refractivity contribution in [3.05, 3.63) is 69.4 Å². The highest BCUT2D eigenvalue weighted by molar-refractivity contribution is 9.10. The van der Waals surface area contributed by atoms with Gasteiger partial charge in [-0.15, -0.1) is 0 Å². The molecule has 0 saturated heterocycles. The van der Waals surface area contributed by atoms with Gasteiger partial charge in [-0.3, -0.25) is 0 Å². The minimum absolute atomic E-state index is 0.00383. The van der Waals surface area contributed by atoms with Crippen LogP contribution in [0.25, 0.3) is 0 Å². The van der Waals surface area contributed by atoms with Crippen molar-refractivity contribution in [1.29, 1.82) is 0 Å². The van der Waals surface area contributed by atoms with Crippen molar-refractivity contribution >= 4 is 15.9 Å². The third-order valence-corrected chi connectivity index (χ3v) is 3.82. The summed E-state index contributed by atoms with van der Waals surface area (Å²) in [7, 11) is 0. The summed E-state index contributed by atoms with van der Waals surface area (Å²) in [6.07, 6.45) is -6.09. The quantitative estimate of drug-likeness (QED) is 0.771. The van der Waals surface area contributed by atoms with Crippen LogP contribution in [-0.2, 0) is 12.6 Å². The third-order valence-electron chi connectivity index (χ3n) is 3.05. The van der Waals surface area contributed by atoms with E-state index in [4.69, 9.17) is 0 Å². The van der Waals surface area contributed by atoms with E-state index in [1.165, 1.54) is 0 Å². The first-order valence-corrected chi connectivity index (χ1v) is 6.86. The van der Waals surface area contributed by atoms with Crippen molar-refractivity contribution in [2.45, 2.75) is 18.7 Å². The van der Waals surface area contributed by atoms with Crippen molar-refractivity contribution in [3.8, 4) is 0 Å². The molecule has 21 heavy (non-hydrogen) atoms. The Kier molecular flexibility index (Phi) is 4.68. The van der Waals surface area contributed by atoms with Crippen LogP contribution in [0, 0.1) is 5.82 Å². The first-order valence-electron chi connectivity index (χ1n) is 6.07. The van der Waals surface area contributed by atoms with Crippen molar-refractivity contribution < 1.29 is 22.7 Å². The number of hydrogen-bond acceptors (Lipinski definition) is 1. The Morgan fingerprint density at radius 2 is 1.76 bits per heavy atom. The van der Waals surface area contributed by atoms with E-state index >= 15 is 0 Å². The number of rotatable bonds is 3. The molecule has 0 aliphatic rings. The molecule has 2 aromatic carbocycles. The summed E-state index contributed by atoms with van der Waals surface area (Å²) in [6, 6.07) is 9.20. The summed E-state index contributed by atoms with van der Waals surface area (Å²) in [5, 5.41) is 10.1. The fraction of sp³-hybridized carbons (Fsp3) is 0.200. The Balaban J connectivity index is 2.36. The van der Waals surface area contributed by atoms with Gasteiger partial charge < -0.3 is 5.11 Å². The van der Waals surface area contributed by atoms with Gasteiger partial charge in [-0.05, 0) is 29.3 Å². The van der Waals surface area contributed by atoms with Gasteiger partial charge in [-0.1, -0.05) is 40.2 Å². The molecule has 0 amide bonds. The summed E-state index contributed by atoms with van der Waals surface area (Å²) in [6.45, 7) is 0. The molecule has 0 heterocycles. The molecule has 2 rings (SSSR count). The van der Waals surface area contributed by atoms with E-state index in [2.05, 4.69) is 15.9 Å². The van der Waals surface area contributed by atoms with Crippen LogP contribution in [0.1, 0.15) is 22.8 Å². The molecule has 1 N–H and O–H groups in total. The summed E-state index contributed by atoms with van der Waals surface area (Å²) < 4.78 is 52.5. The molecule has 1 unspecified atom stereocenters. The molecule has 1 atom stereocenters. The molecule has 0 spiro atoms. The molecular formula is C15H11BrF4O. The molecule has 0 radical (unpaired) electrons. The number of aliphatic hydroxyl groups is 1. The van der Waals surface area contributed by atoms with Gasteiger partial charge in [-0.2, -0.15) is 13.2 Å². The monoisotopic (exact) mass is 362 g/mol. The van der Waals surface area contributed by atoms with Gasteiger partial charge in [0, 0.05) is 10.9 Å². The zero-order valence-corrected chi connectivity index (χ0v) is 12.2. The predicted octanol–water partition coefficient (Wildman–Crippen LogP) is 4.88. The van der Waals surface area contributed by atoms with Gasteiger partial charge in [0.25, 0.3) is 0 Å². The number of halogens is 5. The van der Waals surface area contributed by atoms with E-state index in [1.54, 1.807) is 24.3 Å². The molecule has 2 aromatic rings. The minimum Gasteiger partial charge on any atom is -0.388 e. The molecule has 112 valence electrons. The molecule has 1 nitrogen and oxygen atoms in total. The Bertz CT molecular complexity index is 640. The van der Waals surface area contributed by atoms with Crippen LogP contribution in [0.2, 0.25) is 0 Å². The van der Waals surface area contributed by atoms with Gasteiger partial charge >= 0.3 is 6.18 Å². The van der Waals surface area contributed by atoms with E-state index < -0.39 is 23.7 Å². The SMILES string of the molecule is OC(Cc1ccccc1Br)c1ccc(F)cc1C(F)(F)F. The largest absolute Gasteiger partial charge is 0.416 e. The number of benzene rings is 2. The van der Waals surface area contributed by atoms with E-state index in [0.717, 1.165) is 12.1 Å². The lowest BCUT2D eigenvalue weighted by atomic mass is 9.96. The average Bonchev–Trinajstić information content (AvgIpc) is 2.40. The molecule has 0 aliphatic heterocycles. The Morgan fingerprint density at radius 3 is 2.38 bits per heavy atom. The van der Waals surface area contributed by atoms with Gasteiger partial charge in [0.2, 0.25) is 0 Å². The molecular weight excluding hydrogens is 352 g/mol. The van der Waals surface area contributed by atoms with Gasteiger partial charge in [0.1, 0.15) is 5.82 Å². The summed E-state index contributed by atoms with van der Waals surface area (Å²) in [5.41, 5.74) is -0.816.